The average Bonchev–Trinajstić information content (AvgIpc) is 2.66. The zero-order chi connectivity index (χ0) is 19.2. The Morgan fingerprint density at radius 3 is 2.56 bits per heavy atom. The molecule has 0 saturated carbocycles. The molecule has 2 aromatic carbocycles. The molecule has 0 aromatic heterocycles. The van der Waals surface area contributed by atoms with Crippen molar-refractivity contribution in [2.24, 2.45) is 5.73 Å². The number of carbonyl (C=O) groups is 1. The topological polar surface area (TPSA) is 58.4 Å². The number of rotatable bonds is 6. The van der Waals surface area contributed by atoms with Gasteiger partial charge in [0.05, 0.1) is 6.04 Å². The van der Waals surface area contributed by atoms with E-state index in [0.29, 0.717) is 13.0 Å². The van der Waals surface area contributed by atoms with Crippen molar-refractivity contribution in [3.8, 4) is 0 Å². The summed E-state index contributed by atoms with van der Waals surface area (Å²) in [4.78, 5) is 14.4. The molecule has 1 saturated heterocycles. The van der Waals surface area contributed by atoms with Crippen LogP contribution in [0.5, 0.6) is 0 Å². The summed E-state index contributed by atoms with van der Waals surface area (Å²) in [6, 6.07) is 12.9. The summed E-state index contributed by atoms with van der Waals surface area (Å²) in [7, 11) is 0. The lowest BCUT2D eigenvalue weighted by atomic mass is 10.0. The lowest BCUT2D eigenvalue weighted by Gasteiger charge is -2.33. The third-order valence-corrected chi connectivity index (χ3v) is 4.93. The fourth-order valence-electron chi connectivity index (χ4n) is 3.49. The molecule has 2 aromatic rings. The molecule has 2 atom stereocenters. The van der Waals surface area contributed by atoms with E-state index in [1.165, 1.54) is 18.2 Å². The molecule has 1 heterocycles. The molecule has 1 aliphatic rings. The zero-order valence-corrected chi connectivity index (χ0v) is 15.2. The van der Waals surface area contributed by atoms with Gasteiger partial charge in [-0.2, -0.15) is 0 Å². The van der Waals surface area contributed by atoms with Gasteiger partial charge in [0.2, 0.25) is 5.91 Å². The lowest BCUT2D eigenvalue weighted by molar-refractivity contribution is -0.123. The molecule has 3 N–H and O–H groups in total. The van der Waals surface area contributed by atoms with E-state index in [0.717, 1.165) is 24.9 Å². The highest BCUT2D eigenvalue weighted by molar-refractivity contribution is 5.82. The lowest BCUT2D eigenvalue weighted by Crippen LogP contribution is -2.52. The number of nitrogens with two attached hydrogens (primary N) is 1. The first kappa shape index (κ1) is 19.5. The van der Waals surface area contributed by atoms with Gasteiger partial charge in [-0.05, 0) is 43.5 Å². The first-order chi connectivity index (χ1) is 13.0. The molecule has 27 heavy (non-hydrogen) atoms. The van der Waals surface area contributed by atoms with Crippen LogP contribution >= 0.6 is 0 Å². The van der Waals surface area contributed by atoms with Gasteiger partial charge in [0.25, 0.3) is 0 Å². The number of hydrogen-bond donors (Lipinski definition) is 2. The van der Waals surface area contributed by atoms with Crippen LogP contribution in [0.2, 0.25) is 0 Å². The van der Waals surface area contributed by atoms with Crippen LogP contribution in [0, 0.1) is 11.6 Å². The molecule has 3 rings (SSSR count). The number of carbonyl (C=O) groups excluding carboxylic acids is 1. The Balaban J connectivity index is 1.54. The van der Waals surface area contributed by atoms with Crippen molar-refractivity contribution in [3.63, 3.8) is 0 Å². The van der Waals surface area contributed by atoms with E-state index in [4.69, 9.17) is 5.73 Å². The second-order valence-electron chi connectivity index (χ2n) is 7.08. The van der Waals surface area contributed by atoms with Gasteiger partial charge in [-0.25, -0.2) is 8.78 Å². The van der Waals surface area contributed by atoms with Crippen molar-refractivity contribution >= 4 is 5.91 Å². The van der Waals surface area contributed by atoms with Crippen LogP contribution in [0.15, 0.2) is 48.5 Å². The van der Waals surface area contributed by atoms with Gasteiger partial charge >= 0.3 is 0 Å². The van der Waals surface area contributed by atoms with Crippen molar-refractivity contribution in [1.82, 2.24) is 10.2 Å². The fraction of sp³-hybridized carbons (Fsp3) is 0.381. The minimum absolute atomic E-state index is 0.0668. The van der Waals surface area contributed by atoms with Crippen LogP contribution in [-0.2, 0) is 17.8 Å². The molecule has 1 fully saturated rings. The molecule has 144 valence electrons. The molecular formula is C21H25F2N3O. The van der Waals surface area contributed by atoms with Crippen LogP contribution in [-0.4, -0.2) is 36.0 Å². The Labute approximate surface area is 158 Å². The summed E-state index contributed by atoms with van der Waals surface area (Å²) < 4.78 is 27.7. The first-order valence-corrected chi connectivity index (χ1v) is 9.28. The van der Waals surface area contributed by atoms with Gasteiger partial charge in [-0.1, -0.05) is 36.4 Å². The predicted molar refractivity (Wildman–Crippen MR) is 101 cm³/mol. The van der Waals surface area contributed by atoms with Gasteiger partial charge in [0.15, 0.2) is 0 Å². The van der Waals surface area contributed by atoms with Crippen LogP contribution in [0.1, 0.15) is 24.0 Å². The number of piperidine rings is 1. The standard InChI is InChI=1S/C21H25F2N3O/c22-18-9-4-10-19(23)17(18)14-26-11-5-8-16(13-26)25-21(27)20(24)12-15-6-2-1-3-7-15/h1-4,6-7,9-10,16,20H,5,8,11-14,24H2,(H,25,27). The van der Waals surface area contributed by atoms with Crippen molar-refractivity contribution in [3.05, 3.63) is 71.3 Å². The van der Waals surface area contributed by atoms with Crippen LogP contribution in [0.3, 0.4) is 0 Å². The molecule has 4 nitrogen and oxygen atoms in total. The number of nitrogens with zero attached hydrogens (tertiary/aromatic N) is 1. The summed E-state index contributed by atoms with van der Waals surface area (Å²) in [6.45, 7) is 1.49. The SMILES string of the molecule is NC(Cc1ccccc1)C(=O)NC1CCCN(Cc2c(F)cccc2F)C1. The minimum atomic E-state index is -0.619. The summed E-state index contributed by atoms with van der Waals surface area (Å²) >= 11 is 0. The summed E-state index contributed by atoms with van der Waals surface area (Å²) in [5.74, 6) is -1.26. The Morgan fingerprint density at radius 1 is 1.15 bits per heavy atom. The highest BCUT2D eigenvalue weighted by Gasteiger charge is 2.25. The van der Waals surface area contributed by atoms with Gasteiger partial charge in [0.1, 0.15) is 11.6 Å². The van der Waals surface area contributed by atoms with E-state index in [-0.39, 0.29) is 24.1 Å². The van der Waals surface area contributed by atoms with Gasteiger partial charge in [0, 0.05) is 24.7 Å². The Hall–Kier alpha value is -2.31. The smallest absolute Gasteiger partial charge is 0.237 e. The maximum Gasteiger partial charge on any atom is 0.237 e. The third kappa shape index (κ3) is 5.34. The largest absolute Gasteiger partial charge is 0.351 e. The molecule has 6 heteroatoms. The molecule has 1 aliphatic heterocycles. The summed E-state index contributed by atoms with van der Waals surface area (Å²) in [6.07, 6.45) is 2.17. The van der Waals surface area contributed by atoms with Crippen molar-refractivity contribution in [2.75, 3.05) is 13.1 Å². The third-order valence-electron chi connectivity index (χ3n) is 4.93. The van der Waals surface area contributed by atoms with Gasteiger partial charge in [-0.3, -0.25) is 9.69 Å². The number of likely N-dealkylation sites (tertiary alicyclic amines) is 1. The Kier molecular flexibility index (Phi) is 6.53. The molecule has 0 radical (unpaired) electrons. The van der Waals surface area contributed by atoms with E-state index in [2.05, 4.69) is 5.32 Å². The Bertz CT molecular complexity index is 749. The molecule has 0 spiro atoms. The molecule has 0 aliphatic carbocycles. The van der Waals surface area contributed by atoms with Gasteiger partial charge in [-0.15, -0.1) is 0 Å². The number of benzene rings is 2. The van der Waals surface area contributed by atoms with E-state index in [9.17, 15) is 13.6 Å². The predicted octanol–water partition coefficient (Wildman–Crippen LogP) is 2.62. The number of nitrogens with one attached hydrogen (secondary N) is 1. The molecule has 2 unspecified atom stereocenters. The second-order valence-corrected chi connectivity index (χ2v) is 7.08. The van der Waals surface area contributed by atoms with E-state index >= 15 is 0 Å². The van der Waals surface area contributed by atoms with Crippen molar-refractivity contribution < 1.29 is 13.6 Å². The normalized spacial score (nSPS) is 18.9. The maximum atomic E-state index is 13.9. The second kappa shape index (κ2) is 9.06. The Morgan fingerprint density at radius 2 is 1.85 bits per heavy atom. The van der Waals surface area contributed by atoms with Crippen molar-refractivity contribution in [1.29, 1.82) is 0 Å². The minimum Gasteiger partial charge on any atom is -0.351 e. The van der Waals surface area contributed by atoms with Crippen LogP contribution in [0.25, 0.3) is 0 Å². The van der Waals surface area contributed by atoms with Gasteiger partial charge < -0.3 is 11.1 Å². The van der Waals surface area contributed by atoms with E-state index in [1.54, 1.807) is 0 Å². The fourth-order valence-corrected chi connectivity index (χ4v) is 3.49. The quantitative estimate of drug-likeness (QED) is 0.818. The first-order valence-electron chi connectivity index (χ1n) is 9.28. The molecular weight excluding hydrogens is 348 g/mol. The number of amides is 1. The molecule has 1 amide bonds. The zero-order valence-electron chi connectivity index (χ0n) is 15.2. The highest BCUT2D eigenvalue weighted by atomic mass is 19.1. The average molecular weight is 373 g/mol. The summed E-state index contributed by atoms with van der Waals surface area (Å²) in [5, 5.41) is 2.99. The number of halogens is 2. The number of hydrogen-bond acceptors (Lipinski definition) is 3. The maximum absolute atomic E-state index is 13.9. The van der Waals surface area contributed by atoms with E-state index in [1.807, 2.05) is 35.2 Å². The highest BCUT2D eigenvalue weighted by Crippen LogP contribution is 2.18. The van der Waals surface area contributed by atoms with Crippen molar-refractivity contribution in [2.45, 2.75) is 37.9 Å². The summed E-state index contributed by atoms with van der Waals surface area (Å²) in [5.41, 5.74) is 7.13. The van der Waals surface area contributed by atoms with Crippen LogP contribution in [0.4, 0.5) is 8.78 Å². The van der Waals surface area contributed by atoms with Crippen LogP contribution < -0.4 is 11.1 Å². The van der Waals surface area contributed by atoms with E-state index < -0.39 is 17.7 Å². The molecule has 0 bridgehead atoms. The monoisotopic (exact) mass is 373 g/mol.